The van der Waals surface area contributed by atoms with Gasteiger partial charge in [-0.2, -0.15) is 0 Å². The van der Waals surface area contributed by atoms with Crippen LogP contribution in [-0.2, 0) is 4.79 Å². The van der Waals surface area contributed by atoms with Crippen LogP contribution in [0.1, 0.15) is 23.7 Å². The molecule has 0 aliphatic carbocycles. The summed E-state index contributed by atoms with van der Waals surface area (Å²) >= 11 is 3.65. The molecule has 0 saturated heterocycles. The zero-order valence-electron chi connectivity index (χ0n) is 7.93. The fourth-order valence-electron chi connectivity index (χ4n) is 1.24. The predicted molar refractivity (Wildman–Crippen MR) is 58.5 cm³/mol. The Kier molecular flexibility index (Phi) is 3.89. The predicted octanol–water partition coefficient (Wildman–Crippen LogP) is 2.35. The summed E-state index contributed by atoms with van der Waals surface area (Å²) in [5, 5.41) is -0.248. The Labute approximate surface area is 88.7 Å². The van der Waals surface area contributed by atoms with Crippen molar-refractivity contribution in [2.45, 2.75) is 13.3 Å². The molecule has 0 aliphatic heterocycles. The van der Waals surface area contributed by atoms with Gasteiger partial charge in [0.2, 0.25) is 0 Å². The van der Waals surface area contributed by atoms with Crippen LogP contribution in [0.4, 0.5) is 0 Å². The molecule has 0 bridgehead atoms. The van der Waals surface area contributed by atoms with Crippen LogP contribution in [0.2, 0.25) is 0 Å². The Bertz CT molecular complexity index is 332. The number of carbonyl (C=O) groups is 2. The highest BCUT2D eigenvalue weighted by Gasteiger charge is 2.16. The van der Waals surface area contributed by atoms with Gasteiger partial charge in [0.05, 0.1) is 0 Å². The van der Waals surface area contributed by atoms with Gasteiger partial charge in [-0.25, -0.2) is 0 Å². The van der Waals surface area contributed by atoms with E-state index in [1.165, 1.54) is 0 Å². The zero-order valence-corrected chi connectivity index (χ0v) is 8.83. The molecule has 1 aromatic rings. The molecule has 0 fully saturated rings. The van der Waals surface area contributed by atoms with Crippen LogP contribution in [0.3, 0.4) is 0 Å². The van der Waals surface area contributed by atoms with Crippen molar-refractivity contribution in [1.29, 1.82) is 0 Å². The molecule has 1 aromatic carbocycles. The van der Waals surface area contributed by atoms with Crippen LogP contribution in [0.25, 0.3) is 0 Å². The first-order valence-corrected chi connectivity index (χ1v) is 4.87. The van der Waals surface area contributed by atoms with Crippen molar-refractivity contribution < 1.29 is 9.59 Å². The molecule has 0 aliphatic rings. The minimum absolute atomic E-state index is 0.00648. The van der Waals surface area contributed by atoms with Crippen molar-refractivity contribution >= 4 is 23.5 Å². The van der Waals surface area contributed by atoms with E-state index in [1.54, 1.807) is 19.1 Å². The number of carbonyl (C=O) groups excluding carboxylic acids is 2. The maximum atomic E-state index is 11.7. The first-order chi connectivity index (χ1) is 6.61. The highest BCUT2D eigenvalue weighted by atomic mass is 32.1. The van der Waals surface area contributed by atoms with Crippen LogP contribution in [0.15, 0.2) is 30.3 Å². The Morgan fingerprint density at radius 1 is 1.29 bits per heavy atom. The molecule has 0 amide bonds. The lowest BCUT2D eigenvalue weighted by atomic mass is 9.97. The normalized spacial score (nSPS) is 12.1. The molecule has 0 aromatic heterocycles. The van der Waals surface area contributed by atoms with E-state index in [0.717, 1.165) is 0 Å². The van der Waals surface area contributed by atoms with E-state index in [-0.39, 0.29) is 23.2 Å². The second-order valence-electron chi connectivity index (χ2n) is 3.23. The van der Waals surface area contributed by atoms with Gasteiger partial charge in [0.15, 0.2) is 10.9 Å². The summed E-state index contributed by atoms with van der Waals surface area (Å²) in [5.74, 6) is -0.296. The Morgan fingerprint density at radius 2 is 1.86 bits per heavy atom. The number of ketones is 1. The fraction of sp³-hybridized carbons (Fsp3) is 0.273. The molecule has 1 atom stereocenters. The lowest BCUT2D eigenvalue weighted by molar-refractivity contribution is -0.111. The lowest BCUT2D eigenvalue weighted by Crippen LogP contribution is -2.13. The Hall–Kier alpha value is -1.09. The van der Waals surface area contributed by atoms with Gasteiger partial charge >= 0.3 is 0 Å². The molecule has 2 nitrogen and oxygen atoms in total. The number of Topliss-reactive ketones (excluding diaryl/α,β-unsaturated/α-hetero) is 1. The van der Waals surface area contributed by atoms with Crippen molar-refractivity contribution in [3.05, 3.63) is 35.9 Å². The van der Waals surface area contributed by atoms with Gasteiger partial charge in [0, 0.05) is 17.9 Å². The molecule has 0 N–H and O–H groups in total. The molecule has 14 heavy (non-hydrogen) atoms. The minimum atomic E-state index is -0.289. The molecular weight excluding hydrogens is 196 g/mol. The summed E-state index contributed by atoms with van der Waals surface area (Å²) in [4.78, 5) is 22.4. The summed E-state index contributed by atoms with van der Waals surface area (Å²) in [6.45, 7) is 1.74. The van der Waals surface area contributed by atoms with Gasteiger partial charge in [0.25, 0.3) is 0 Å². The second kappa shape index (κ2) is 4.96. The zero-order chi connectivity index (χ0) is 10.6. The lowest BCUT2D eigenvalue weighted by Gasteiger charge is -2.07. The number of hydrogen-bond donors (Lipinski definition) is 1. The highest BCUT2D eigenvalue weighted by molar-refractivity contribution is 7.96. The fourth-order valence-corrected chi connectivity index (χ4v) is 1.52. The topological polar surface area (TPSA) is 34.1 Å². The van der Waals surface area contributed by atoms with Crippen LogP contribution in [-0.4, -0.2) is 10.9 Å². The van der Waals surface area contributed by atoms with Gasteiger partial charge < -0.3 is 0 Å². The Balaban J connectivity index is 2.71. The molecule has 0 radical (unpaired) electrons. The standard InChI is InChI=1S/C11H12O2S/c1-8(7-10(12)14)11(13)9-5-3-2-4-6-9/h2-6,8H,7H2,1H3,(H,12,14). The van der Waals surface area contributed by atoms with Gasteiger partial charge in [0.1, 0.15) is 0 Å². The summed E-state index contributed by atoms with van der Waals surface area (Å²) in [6, 6.07) is 8.97. The van der Waals surface area contributed by atoms with E-state index in [2.05, 4.69) is 12.6 Å². The van der Waals surface area contributed by atoms with Gasteiger partial charge in [-0.15, -0.1) is 12.6 Å². The van der Waals surface area contributed by atoms with Crippen LogP contribution < -0.4 is 0 Å². The average molecular weight is 208 g/mol. The summed E-state index contributed by atoms with van der Waals surface area (Å²) in [5.41, 5.74) is 0.648. The van der Waals surface area contributed by atoms with Crippen molar-refractivity contribution in [2.75, 3.05) is 0 Å². The molecule has 1 unspecified atom stereocenters. The number of rotatable bonds is 4. The van der Waals surface area contributed by atoms with E-state index in [9.17, 15) is 9.59 Å². The van der Waals surface area contributed by atoms with Crippen LogP contribution >= 0.6 is 12.6 Å². The highest BCUT2D eigenvalue weighted by Crippen LogP contribution is 2.12. The quantitative estimate of drug-likeness (QED) is 0.608. The summed E-state index contributed by atoms with van der Waals surface area (Å²) in [7, 11) is 0. The maximum Gasteiger partial charge on any atom is 0.186 e. The maximum absolute atomic E-state index is 11.7. The summed E-state index contributed by atoms with van der Waals surface area (Å²) in [6.07, 6.45) is 0.191. The molecule has 0 spiro atoms. The SMILES string of the molecule is CC(CC(=O)S)C(=O)c1ccccc1. The number of benzene rings is 1. The minimum Gasteiger partial charge on any atom is -0.294 e. The Morgan fingerprint density at radius 3 is 2.36 bits per heavy atom. The third-order valence-electron chi connectivity index (χ3n) is 1.99. The summed E-state index contributed by atoms with van der Waals surface area (Å²) < 4.78 is 0. The van der Waals surface area contributed by atoms with Gasteiger partial charge in [-0.05, 0) is 0 Å². The van der Waals surface area contributed by atoms with Gasteiger partial charge in [-0.1, -0.05) is 37.3 Å². The van der Waals surface area contributed by atoms with Crippen LogP contribution in [0, 0.1) is 5.92 Å². The van der Waals surface area contributed by atoms with Crippen LogP contribution in [0.5, 0.6) is 0 Å². The van der Waals surface area contributed by atoms with E-state index >= 15 is 0 Å². The third-order valence-corrected chi connectivity index (χ3v) is 2.17. The third kappa shape index (κ3) is 3.00. The first kappa shape index (κ1) is 11.0. The van der Waals surface area contributed by atoms with E-state index in [0.29, 0.717) is 5.56 Å². The number of thiol groups is 1. The van der Waals surface area contributed by atoms with Crippen molar-refractivity contribution in [2.24, 2.45) is 5.92 Å². The van der Waals surface area contributed by atoms with Gasteiger partial charge in [-0.3, -0.25) is 9.59 Å². The molecule has 3 heteroatoms. The molecule has 0 heterocycles. The smallest absolute Gasteiger partial charge is 0.186 e. The molecule has 1 rings (SSSR count). The van der Waals surface area contributed by atoms with Crippen molar-refractivity contribution in [3.8, 4) is 0 Å². The second-order valence-corrected chi connectivity index (χ2v) is 3.73. The van der Waals surface area contributed by atoms with E-state index < -0.39 is 0 Å². The average Bonchev–Trinajstić information content (AvgIpc) is 2.17. The molecule has 74 valence electrons. The van der Waals surface area contributed by atoms with Crippen molar-refractivity contribution in [1.82, 2.24) is 0 Å². The first-order valence-electron chi connectivity index (χ1n) is 4.42. The molecule has 0 saturated carbocycles. The van der Waals surface area contributed by atoms with E-state index in [1.807, 2.05) is 18.2 Å². The largest absolute Gasteiger partial charge is 0.294 e. The monoisotopic (exact) mass is 208 g/mol. The molecular formula is C11H12O2S. The van der Waals surface area contributed by atoms with Crippen molar-refractivity contribution in [3.63, 3.8) is 0 Å². The number of hydrogen-bond acceptors (Lipinski definition) is 2. The van der Waals surface area contributed by atoms with E-state index in [4.69, 9.17) is 0 Å².